The Labute approximate surface area is 145 Å². The predicted molar refractivity (Wildman–Crippen MR) is 88.6 cm³/mol. The van der Waals surface area contributed by atoms with Gasteiger partial charge in [0, 0.05) is 0 Å². The molecule has 0 bridgehead atoms. The molecular weight excluding hydrogens is 329 g/mol. The van der Waals surface area contributed by atoms with E-state index in [4.69, 9.17) is 19.9 Å². The molecule has 6 nitrogen and oxygen atoms in total. The maximum absolute atomic E-state index is 13.0. The minimum absolute atomic E-state index is 0.00759. The summed E-state index contributed by atoms with van der Waals surface area (Å²) in [6.07, 6.45) is 0.544. The lowest BCUT2D eigenvalue weighted by Gasteiger charge is -2.14. The number of ether oxygens (including phenoxy) is 3. The van der Waals surface area contributed by atoms with Crippen LogP contribution in [0, 0.1) is 11.7 Å². The van der Waals surface area contributed by atoms with Crippen LogP contribution in [-0.2, 0) is 23.8 Å². The smallest absolute Gasteiger partial charge is 0.342 e. The SMILES string of the molecule is CC(C)C[C@H](N)C(=O)OCCOC1=C(c2ccc(F)cc2)C(=O)OC1. The summed E-state index contributed by atoms with van der Waals surface area (Å²) in [5.41, 5.74) is 6.49. The first kappa shape index (κ1) is 18.9. The second kappa shape index (κ2) is 8.62. The largest absolute Gasteiger partial charge is 0.490 e. The van der Waals surface area contributed by atoms with E-state index in [1.165, 1.54) is 24.3 Å². The number of benzene rings is 1. The summed E-state index contributed by atoms with van der Waals surface area (Å²) in [5.74, 6) is -0.785. The van der Waals surface area contributed by atoms with Crippen LogP contribution in [0.25, 0.3) is 5.57 Å². The molecule has 0 spiro atoms. The van der Waals surface area contributed by atoms with Gasteiger partial charge in [-0.25, -0.2) is 9.18 Å². The fraction of sp³-hybridized carbons (Fsp3) is 0.444. The van der Waals surface area contributed by atoms with Gasteiger partial charge < -0.3 is 19.9 Å². The van der Waals surface area contributed by atoms with Crippen molar-refractivity contribution in [3.05, 3.63) is 41.4 Å². The Bertz CT molecular complexity index is 654. The molecule has 1 heterocycles. The molecule has 0 aromatic heterocycles. The van der Waals surface area contributed by atoms with E-state index in [0.717, 1.165) is 0 Å². The van der Waals surface area contributed by atoms with Crippen molar-refractivity contribution >= 4 is 17.5 Å². The molecule has 0 saturated heterocycles. The third kappa shape index (κ3) is 5.29. The van der Waals surface area contributed by atoms with Crippen LogP contribution in [-0.4, -0.2) is 37.8 Å². The van der Waals surface area contributed by atoms with Gasteiger partial charge in [-0.3, -0.25) is 4.79 Å². The Kier molecular flexibility index (Phi) is 6.52. The fourth-order valence-electron chi connectivity index (χ4n) is 2.42. The van der Waals surface area contributed by atoms with Crippen LogP contribution in [0.4, 0.5) is 4.39 Å². The first-order valence-corrected chi connectivity index (χ1v) is 8.09. The van der Waals surface area contributed by atoms with Gasteiger partial charge in [0.25, 0.3) is 0 Å². The number of halogens is 1. The molecule has 1 aromatic carbocycles. The van der Waals surface area contributed by atoms with Gasteiger partial charge in [-0.05, 0) is 30.0 Å². The molecule has 2 rings (SSSR count). The zero-order valence-electron chi connectivity index (χ0n) is 14.3. The Morgan fingerprint density at radius 2 is 1.96 bits per heavy atom. The fourth-order valence-corrected chi connectivity index (χ4v) is 2.42. The average Bonchev–Trinajstić information content (AvgIpc) is 2.92. The van der Waals surface area contributed by atoms with E-state index in [1.807, 2.05) is 13.8 Å². The standard InChI is InChI=1S/C18H22FNO5/c1-11(2)9-14(20)17(21)24-8-7-23-15-10-25-18(22)16(15)12-3-5-13(19)6-4-12/h3-6,11,14H,7-10,20H2,1-2H3/t14-/m0/s1. The molecular formula is C18H22FNO5. The Hall–Kier alpha value is -2.41. The minimum atomic E-state index is -0.662. The van der Waals surface area contributed by atoms with Gasteiger partial charge in [0.2, 0.25) is 0 Å². The molecule has 0 aliphatic carbocycles. The molecule has 0 amide bonds. The topological polar surface area (TPSA) is 87.9 Å². The van der Waals surface area contributed by atoms with Gasteiger partial charge in [-0.15, -0.1) is 0 Å². The van der Waals surface area contributed by atoms with E-state index in [9.17, 15) is 14.0 Å². The molecule has 0 radical (unpaired) electrons. The van der Waals surface area contributed by atoms with Crippen LogP contribution in [0.1, 0.15) is 25.8 Å². The van der Waals surface area contributed by atoms with Crippen LogP contribution in [0.2, 0.25) is 0 Å². The summed E-state index contributed by atoms with van der Waals surface area (Å²) in [5, 5.41) is 0. The first-order valence-electron chi connectivity index (χ1n) is 8.09. The molecule has 2 N–H and O–H groups in total. The summed E-state index contributed by atoms with van der Waals surface area (Å²) < 4.78 is 28.5. The number of rotatable bonds is 8. The summed E-state index contributed by atoms with van der Waals surface area (Å²) in [7, 11) is 0. The molecule has 136 valence electrons. The summed E-state index contributed by atoms with van der Waals surface area (Å²) in [6, 6.07) is 4.80. The van der Waals surface area contributed by atoms with Gasteiger partial charge in [-0.2, -0.15) is 0 Å². The molecule has 25 heavy (non-hydrogen) atoms. The van der Waals surface area contributed by atoms with Crippen molar-refractivity contribution in [1.82, 2.24) is 0 Å². The third-order valence-corrected chi connectivity index (χ3v) is 3.58. The highest BCUT2D eigenvalue weighted by Gasteiger charge is 2.28. The highest BCUT2D eigenvalue weighted by Crippen LogP contribution is 2.27. The second-order valence-electron chi connectivity index (χ2n) is 6.13. The number of cyclic esters (lactones) is 1. The van der Waals surface area contributed by atoms with Gasteiger partial charge in [0.15, 0.2) is 0 Å². The van der Waals surface area contributed by atoms with E-state index >= 15 is 0 Å². The van der Waals surface area contributed by atoms with Gasteiger partial charge >= 0.3 is 11.9 Å². The van der Waals surface area contributed by atoms with Crippen LogP contribution in [0.3, 0.4) is 0 Å². The summed E-state index contributed by atoms with van der Waals surface area (Å²) in [4.78, 5) is 23.6. The van der Waals surface area contributed by atoms with Gasteiger partial charge in [-0.1, -0.05) is 26.0 Å². The van der Waals surface area contributed by atoms with Crippen LogP contribution in [0.15, 0.2) is 30.0 Å². The zero-order valence-corrected chi connectivity index (χ0v) is 14.3. The van der Waals surface area contributed by atoms with E-state index < -0.39 is 23.8 Å². The van der Waals surface area contributed by atoms with Crippen LogP contribution < -0.4 is 5.73 Å². The van der Waals surface area contributed by atoms with Gasteiger partial charge in [0.05, 0.1) is 0 Å². The van der Waals surface area contributed by atoms with E-state index in [1.54, 1.807) is 0 Å². The monoisotopic (exact) mass is 351 g/mol. The van der Waals surface area contributed by atoms with Gasteiger partial charge in [0.1, 0.15) is 43.0 Å². The Morgan fingerprint density at radius 1 is 1.28 bits per heavy atom. The van der Waals surface area contributed by atoms with Crippen LogP contribution in [0.5, 0.6) is 0 Å². The number of carbonyl (C=O) groups is 2. The number of hydrogen-bond donors (Lipinski definition) is 1. The van der Waals surface area contributed by atoms with Crippen molar-refractivity contribution in [2.75, 3.05) is 19.8 Å². The lowest BCUT2D eigenvalue weighted by Crippen LogP contribution is -2.34. The molecule has 1 aliphatic heterocycles. The molecule has 0 fully saturated rings. The van der Waals surface area contributed by atoms with E-state index in [2.05, 4.69) is 0 Å². The number of nitrogens with two attached hydrogens (primary N) is 1. The van der Waals surface area contributed by atoms with E-state index in [-0.39, 0.29) is 25.4 Å². The molecule has 0 saturated carbocycles. The summed E-state index contributed by atoms with van der Waals surface area (Å²) >= 11 is 0. The number of esters is 2. The predicted octanol–water partition coefficient (Wildman–Crippen LogP) is 2.03. The molecule has 7 heteroatoms. The number of hydrogen-bond acceptors (Lipinski definition) is 6. The third-order valence-electron chi connectivity index (χ3n) is 3.58. The minimum Gasteiger partial charge on any atom is -0.490 e. The quantitative estimate of drug-likeness (QED) is 0.569. The lowest BCUT2D eigenvalue weighted by atomic mass is 10.1. The molecule has 1 aromatic rings. The second-order valence-corrected chi connectivity index (χ2v) is 6.13. The normalized spacial score (nSPS) is 15.3. The number of carbonyl (C=O) groups excluding carboxylic acids is 2. The molecule has 1 atom stereocenters. The maximum Gasteiger partial charge on any atom is 0.342 e. The van der Waals surface area contributed by atoms with Crippen molar-refractivity contribution in [2.24, 2.45) is 11.7 Å². The van der Waals surface area contributed by atoms with Crippen molar-refractivity contribution in [3.63, 3.8) is 0 Å². The molecule has 0 unspecified atom stereocenters. The zero-order chi connectivity index (χ0) is 18.4. The molecule has 1 aliphatic rings. The lowest BCUT2D eigenvalue weighted by molar-refractivity contribution is -0.146. The average molecular weight is 351 g/mol. The van der Waals surface area contributed by atoms with Crippen molar-refractivity contribution in [2.45, 2.75) is 26.3 Å². The van der Waals surface area contributed by atoms with Crippen molar-refractivity contribution < 1.29 is 28.2 Å². The highest BCUT2D eigenvalue weighted by molar-refractivity contribution is 6.18. The Balaban J connectivity index is 1.89. The first-order chi connectivity index (χ1) is 11.9. The maximum atomic E-state index is 13.0. The van der Waals surface area contributed by atoms with E-state index in [0.29, 0.717) is 23.7 Å². The summed E-state index contributed by atoms with van der Waals surface area (Å²) in [6.45, 7) is 4.01. The van der Waals surface area contributed by atoms with Crippen LogP contribution >= 0.6 is 0 Å². The van der Waals surface area contributed by atoms with Crippen molar-refractivity contribution in [1.29, 1.82) is 0 Å². The highest BCUT2D eigenvalue weighted by atomic mass is 19.1. The Morgan fingerprint density at radius 3 is 2.60 bits per heavy atom. The van der Waals surface area contributed by atoms with Crippen molar-refractivity contribution in [3.8, 4) is 0 Å².